The highest BCUT2D eigenvalue weighted by Gasteiger charge is 2.20. The third-order valence-corrected chi connectivity index (χ3v) is 7.15. The highest BCUT2D eigenvalue weighted by Crippen LogP contribution is 2.28. The predicted molar refractivity (Wildman–Crippen MR) is 118 cm³/mol. The van der Waals surface area contributed by atoms with Crippen molar-refractivity contribution in [3.05, 3.63) is 89.3 Å². The van der Waals surface area contributed by atoms with Crippen LogP contribution in [0.2, 0.25) is 0 Å². The molecular formula is C22H15N3O3S2. The zero-order valence-corrected chi connectivity index (χ0v) is 17.1. The molecule has 3 aromatic carbocycles. The molecule has 148 valence electrons. The number of rotatable bonds is 5. The number of carbonyl (C=O) groups excluding carboxylic acids is 1. The van der Waals surface area contributed by atoms with Crippen molar-refractivity contribution in [2.24, 2.45) is 0 Å². The molecule has 4 aromatic rings. The molecule has 0 aliphatic carbocycles. The van der Waals surface area contributed by atoms with E-state index in [1.165, 1.54) is 6.07 Å². The number of amides is 1. The number of hydrogen-bond donors (Lipinski definition) is 2. The van der Waals surface area contributed by atoms with Gasteiger partial charge in [-0.15, -0.1) is 11.3 Å². The second-order valence-electron chi connectivity index (χ2n) is 6.43. The van der Waals surface area contributed by atoms with E-state index in [2.05, 4.69) is 10.0 Å². The molecule has 0 spiro atoms. The molecular weight excluding hydrogens is 418 g/mol. The number of nitrogens with one attached hydrogen (secondary N) is 2. The summed E-state index contributed by atoms with van der Waals surface area (Å²) in [5.41, 5.74) is 1.21. The number of thiophene rings is 1. The van der Waals surface area contributed by atoms with Gasteiger partial charge < -0.3 is 5.32 Å². The molecule has 0 fully saturated rings. The normalized spacial score (nSPS) is 11.0. The van der Waals surface area contributed by atoms with Crippen molar-refractivity contribution in [3.63, 3.8) is 0 Å². The molecule has 30 heavy (non-hydrogen) atoms. The minimum atomic E-state index is -3.83. The molecule has 0 saturated carbocycles. The number of fused-ring (bicyclic) bond motifs is 1. The van der Waals surface area contributed by atoms with Crippen LogP contribution in [0, 0.1) is 11.3 Å². The lowest BCUT2D eigenvalue weighted by Crippen LogP contribution is -2.18. The van der Waals surface area contributed by atoms with E-state index in [4.69, 9.17) is 5.26 Å². The molecule has 1 aromatic heterocycles. The Hall–Kier alpha value is -3.67. The van der Waals surface area contributed by atoms with Gasteiger partial charge in [0.15, 0.2) is 0 Å². The molecule has 0 radical (unpaired) electrons. The van der Waals surface area contributed by atoms with E-state index >= 15 is 0 Å². The van der Waals surface area contributed by atoms with E-state index in [0.717, 1.165) is 22.1 Å². The first-order chi connectivity index (χ1) is 14.5. The number of anilines is 2. The number of nitrogens with zero attached hydrogens (tertiary/aromatic N) is 1. The third-order valence-electron chi connectivity index (χ3n) is 4.38. The Bertz CT molecular complexity index is 1390. The molecule has 1 heterocycles. The van der Waals surface area contributed by atoms with Crippen LogP contribution in [-0.2, 0) is 10.0 Å². The van der Waals surface area contributed by atoms with Crippen molar-refractivity contribution < 1.29 is 13.2 Å². The van der Waals surface area contributed by atoms with Crippen LogP contribution < -0.4 is 10.0 Å². The van der Waals surface area contributed by atoms with Gasteiger partial charge in [-0.2, -0.15) is 5.26 Å². The Kier molecular flexibility index (Phi) is 5.23. The first-order valence-corrected chi connectivity index (χ1v) is 11.2. The Morgan fingerprint density at radius 1 is 0.933 bits per heavy atom. The summed E-state index contributed by atoms with van der Waals surface area (Å²) >= 11 is 1.09. The Labute approximate surface area is 177 Å². The Balaban J connectivity index is 1.76. The minimum Gasteiger partial charge on any atom is -0.322 e. The van der Waals surface area contributed by atoms with Crippen molar-refractivity contribution in [3.8, 4) is 6.07 Å². The summed E-state index contributed by atoms with van der Waals surface area (Å²) in [5.74, 6) is -0.486. The first kappa shape index (κ1) is 19.6. The number of nitriles is 1. The summed E-state index contributed by atoms with van der Waals surface area (Å²) in [7, 11) is -3.83. The molecule has 0 unspecified atom stereocenters. The maximum absolute atomic E-state index is 13.0. The van der Waals surface area contributed by atoms with Gasteiger partial charge in [-0.25, -0.2) is 8.42 Å². The summed E-state index contributed by atoms with van der Waals surface area (Å²) in [6.45, 7) is 0. The van der Waals surface area contributed by atoms with Crippen LogP contribution >= 0.6 is 11.3 Å². The van der Waals surface area contributed by atoms with Gasteiger partial charge >= 0.3 is 0 Å². The van der Waals surface area contributed by atoms with Crippen LogP contribution in [0.5, 0.6) is 0 Å². The van der Waals surface area contributed by atoms with Gasteiger partial charge in [0.25, 0.3) is 15.9 Å². The molecule has 4 rings (SSSR count). The van der Waals surface area contributed by atoms with Gasteiger partial charge in [-0.1, -0.05) is 36.4 Å². The smallest absolute Gasteiger partial charge is 0.271 e. The van der Waals surface area contributed by atoms with Crippen LogP contribution in [0.4, 0.5) is 11.4 Å². The summed E-state index contributed by atoms with van der Waals surface area (Å²) in [6, 6.07) is 22.3. The maximum Gasteiger partial charge on any atom is 0.271 e. The van der Waals surface area contributed by atoms with Crippen molar-refractivity contribution in [2.75, 3.05) is 10.0 Å². The van der Waals surface area contributed by atoms with Gasteiger partial charge in [0.2, 0.25) is 0 Å². The average Bonchev–Trinajstić information content (AvgIpc) is 3.29. The summed E-state index contributed by atoms with van der Waals surface area (Å²) in [6.07, 6.45) is 0. The fraction of sp³-hybridized carbons (Fsp3) is 0. The van der Waals surface area contributed by atoms with E-state index in [1.54, 1.807) is 47.8 Å². The maximum atomic E-state index is 13.0. The van der Waals surface area contributed by atoms with Crippen LogP contribution in [0.25, 0.3) is 10.8 Å². The zero-order chi connectivity index (χ0) is 21.1. The van der Waals surface area contributed by atoms with Crippen molar-refractivity contribution in [1.82, 2.24) is 0 Å². The van der Waals surface area contributed by atoms with E-state index in [0.29, 0.717) is 11.3 Å². The monoisotopic (exact) mass is 433 g/mol. The molecule has 0 atom stereocenters. The lowest BCUT2D eigenvalue weighted by molar-refractivity contribution is 0.102. The van der Waals surface area contributed by atoms with Gasteiger partial charge in [-0.3, -0.25) is 9.52 Å². The Morgan fingerprint density at radius 3 is 2.40 bits per heavy atom. The molecule has 0 aliphatic heterocycles. The molecule has 0 saturated heterocycles. The summed E-state index contributed by atoms with van der Waals surface area (Å²) in [4.78, 5) is 13.0. The SMILES string of the molecule is N#Cc1cccc(NC(=O)c2cc3ccccc3cc2NS(=O)(=O)c2cccs2)c1. The number of carbonyl (C=O) groups is 1. The minimum absolute atomic E-state index is 0.156. The van der Waals surface area contributed by atoms with Crippen LogP contribution in [0.15, 0.2) is 82.4 Å². The van der Waals surface area contributed by atoms with Crippen molar-refractivity contribution in [1.29, 1.82) is 5.26 Å². The molecule has 2 N–H and O–H groups in total. The van der Waals surface area contributed by atoms with Crippen LogP contribution in [-0.4, -0.2) is 14.3 Å². The van der Waals surface area contributed by atoms with Gasteiger partial charge in [0, 0.05) is 5.69 Å². The fourth-order valence-electron chi connectivity index (χ4n) is 2.99. The Morgan fingerprint density at radius 2 is 1.70 bits per heavy atom. The second kappa shape index (κ2) is 7.99. The standard InChI is InChI=1S/C22H15N3O3S2/c23-14-15-5-3-8-18(11-15)24-22(26)19-12-16-6-1-2-7-17(16)13-20(19)25-30(27,28)21-9-4-10-29-21/h1-13,25H,(H,24,26). The quantitative estimate of drug-likeness (QED) is 0.471. The highest BCUT2D eigenvalue weighted by atomic mass is 32.2. The predicted octanol–water partition coefficient (Wildman–Crippen LogP) is 4.83. The zero-order valence-electron chi connectivity index (χ0n) is 15.5. The first-order valence-electron chi connectivity index (χ1n) is 8.87. The second-order valence-corrected chi connectivity index (χ2v) is 9.29. The molecule has 6 nitrogen and oxygen atoms in total. The molecule has 8 heteroatoms. The fourth-order valence-corrected chi connectivity index (χ4v) is 5.05. The van der Waals surface area contributed by atoms with E-state index in [1.807, 2.05) is 30.3 Å². The van der Waals surface area contributed by atoms with E-state index in [9.17, 15) is 13.2 Å². The average molecular weight is 434 g/mol. The lowest BCUT2D eigenvalue weighted by Gasteiger charge is -2.14. The number of sulfonamides is 1. The third kappa shape index (κ3) is 4.03. The highest BCUT2D eigenvalue weighted by molar-refractivity contribution is 7.94. The van der Waals surface area contributed by atoms with E-state index < -0.39 is 15.9 Å². The van der Waals surface area contributed by atoms with Gasteiger partial charge in [0.05, 0.1) is 22.9 Å². The number of benzene rings is 3. The van der Waals surface area contributed by atoms with Crippen molar-refractivity contribution >= 4 is 49.4 Å². The van der Waals surface area contributed by atoms with Crippen LogP contribution in [0.1, 0.15) is 15.9 Å². The van der Waals surface area contributed by atoms with Crippen molar-refractivity contribution in [2.45, 2.75) is 4.21 Å². The topological polar surface area (TPSA) is 99.1 Å². The molecule has 1 amide bonds. The van der Waals surface area contributed by atoms with Gasteiger partial charge in [0.1, 0.15) is 4.21 Å². The summed E-state index contributed by atoms with van der Waals surface area (Å²) in [5, 5.41) is 15.1. The largest absolute Gasteiger partial charge is 0.322 e. The lowest BCUT2D eigenvalue weighted by atomic mass is 10.0. The molecule has 0 bridgehead atoms. The number of hydrogen-bond acceptors (Lipinski definition) is 5. The molecule has 0 aliphatic rings. The van der Waals surface area contributed by atoms with E-state index in [-0.39, 0.29) is 15.5 Å². The van der Waals surface area contributed by atoms with Crippen LogP contribution in [0.3, 0.4) is 0 Å². The summed E-state index contributed by atoms with van der Waals surface area (Å²) < 4.78 is 28.2. The van der Waals surface area contributed by atoms with Gasteiger partial charge in [-0.05, 0) is 52.6 Å².